The first kappa shape index (κ1) is 31.8. The summed E-state index contributed by atoms with van der Waals surface area (Å²) in [6.45, 7) is -1.58. The van der Waals surface area contributed by atoms with Crippen LogP contribution in [0, 0.1) is 23.7 Å². The van der Waals surface area contributed by atoms with Gasteiger partial charge in [0.25, 0.3) is 0 Å². The van der Waals surface area contributed by atoms with Crippen LogP contribution in [-0.2, 0) is 6.98 Å². The fourth-order valence-corrected chi connectivity index (χ4v) is 11.8. The minimum absolute atomic E-state index is 0.355. The van der Waals surface area contributed by atoms with Crippen LogP contribution < -0.4 is 14.5 Å². The van der Waals surface area contributed by atoms with Crippen molar-refractivity contribution in [1.82, 2.24) is 14.1 Å². The molecule has 0 spiro atoms. The molecule has 0 saturated heterocycles. The number of anilines is 3. The highest BCUT2D eigenvalue weighted by atomic mass is 16.5. The van der Waals surface area contributed by atoms with E-state index < -0.39 is 6.98 Å². The zero-order chi connectivity index (χ0) is 40.4. The van der Waals surface area contributed by atoms with E-state index in [1.165, 1.54) is 99.4 Å². The first-order chi connectivity index (χ1) is 29.4. The van der Waals surface area contributed by atoms with E-state index in [1.807, 2.05) is 65.2 Å². The normalized spacial score (nSPS) is 23.2. The van der Waals surface area contributed by atoms with Gasteiger partial charge in [0.1, 0.15) is 11.5 Å². The minimum atomic E-state index is -2.44. The number of hydrogen-bond donors (Lipinski definition) is 0. The Kier molecular flexibility index (Phi) is 8.15. The van der Waals surface area contributed by atoms with E-state index >= 15 is 0 Å². The van der Waals surface area contributed by atoms with Crippen LogP contribution in [0.4, 0.5) is 17.1 Å². The lowest BCUT2D eigenvalue weighted by Gasteiger charge is -2.51. The van der Waals surface area contributed by atoms with Crippen LogP contribution >= 0.6 is 0 Å². The maximum atomic E-state index is 8.55. The molecular formula is C51H55N5O. The first-order valence-electron chi connectivity index (χ1n) is 23.3. The molecule has 57 heavy (non-hydrogen) atoms. The van der Waals surface area contributed by atoms with E-state index in [2.05, 4.69) is 64.4 Å². The zero-order valence-corrected chi connectivity index (χ0v) is 32.9. The van der Waals surface area contributed by atoms with Crippen LogP contribution in [0.2, 0.25) is 0 Å². The van der Waals surface area contributed by atoms with Gasteiger partial charge in [0.05, 0.1) is 40.1 Å². The summed E-state index contributed by atoms with van der Waals surface area (Å²) in [4.78, 5) is 10.3. The highest BCUT2D eigenvalue weighted by Crippen LogP contribution is 2.52. The summed E-state index contributed by atoms with van der Waals surface area (Å²) < 4.78 is 35.8. The highest BCUT2D eigenvalue weighted by molar-refractivity contribution is 6.09. The van der Waals surface area contributed by atoms with E-state index in [1.54, 1.807) is 0 Å². The molecule has 3 aliphatic carbocycles. The van der Waals surface area contributed by atoms with Crippen LogP contribution in [0.15, 0.2) is 115 Å². The lowest BCUT2D eigenvalue weighted by atomic mass is 9.62. The predicted octanol–water partition coefficient (Wildman–Crippen LogP) is 13.3. The van der Waals surface area contributed by atoms with Crippen molar-refractivity contribution in [1.29, 1.82) is 0 Å². The summed E-state index contributed by atoms with van der Waals surface area (Å²) in [5.41, 5.74) is 6.73. The van der Waals surface area contributed by atoms with Crippen molar-refractivity contribution in [2.75, 3.05) is 16.5 Å². The van der Waals surface area contributed by atoms with Crippen molar-refractivity contribution in [2.45, 2.75) is 89.5 Å². The fourth-order valence-electron chi connectivity index (χ4n) is 11.8. The van der Waals surface area contributed by atoms with Gasteiger partial charge in [-0.05, 0) is 91.1 Å². The number of ether oxygens (including phenoxy) is 1. The number of aryl methyl sites for hydroxylation is 1. The number of aromatic nitrogens is 3. The van der Waals surface area contributed by atoms with Crippen molar-refractivity contribution in [3.8, 4) is 17.4 Å². The monoisotopic (exact) mass is 756 g/mol. The second kappa shape index (κ2) is 14.6. The Morgan fingerprint density at radius 3 is 2.02 bits per heavy atom. The number of fused-ring (bicyclic) bond motifs is 5. The van der Waals surface area contributed by atoms with E-state index in [0.29, 0.717) is 28.8 Å². The van der Waals surface area contributed by atoms with Gasteiger partial charge in [-0.2, -0.15) is 0 Å². The maximum Gasteiger partial charge on any atom is 0.215 e. The van der Waals surface area contributed by atoms with Gasteiger partial charge in [0.2, 0.25) is 5.95 Å². The summed E-state index contributed by atoms with van der Waals surface area (Å²) in [7, 11) is 0. The Labute approximate surface area is 341 Å². The Morgan fingerprint density at radius 1 is 0.579 bits per heavy atom. The van der Waals surface area contributed by atoms with Crippen molar-refractivity contribution in [3.63, 3.8) is 0 Å². The molecule has 0 bridgehead atoms. The molecule has 1 aliphatic heterocycles. The van der Waals surface area contributed by atoms with Crippen LogP contribution in [0.1, 0.15) is 87.6 Å². The molecule has 290 valence electrons. The molecule has 6 nitrogen and oxygen atoms in total. The average Bonchev–Trinajstić information content (AvgIpc) is 3.97. The third-order valence-corrected chi connectivity index (χ3v) is 14.4. The molecule has 7 aromatic rings. The quantitative estimate of drug-likeness (QED) is 0.162. The molecule has 2 aromatic heterocycles. The molecule has 6 heteroatoms. The smallest absolute Gasteiger partial charge is 0.215 e. The molecule has 2 atom stereocenters. The number of para-hydroxylation sites is 5. The fraction of sp³-hybridized carbons (Fsp3) is 0.392. The number of nitrogens with zero attached hydrogens (tertiary/aromatic N) is 5. The third kappa shape index (κ3) is 6.09. The third-order valence-electron chi connectivity index (χ3n) is 14.4. The minimum Gasteiger partial charge on any atom is -0.457 e. The zero-order valence-electron chi connectivity index (χ0n) is 35.9. The summed E-state index contributed by atoms with van der Waals surface area (Å²) in [6, 6.07) is 40.0. The van der Waals surface area contributed by atoms with E-state index in [9.17, 15) is 0 Å². The molecule has 2 unspecified atom stereocenters. The second-order valence-corrected chi connectivity index (χ2v) is 17.4. The van der Waals surface area contributed by atoms with Crippen molar-refractivity contribution < 1.29 is 8.85 Å². The van der Waals surface area contributed by atoms with E-state index in [4.69, 9.17) is 13.8 Å². The highest BCUT2D eigenvalue weighted by Gasteiger charge is 2.46. The van der Waals surface area contributed by atoms with Crippen LogP contribution in [-0.4, -0.2) is 26.8 Å². The maximum absolute atomic E-state index is 8.55. The SMILES string of the molecule is [2H]C([2H])([2H])n1c(-n2c3ccccc3c3ccc(Oc4cccc(N5CN(C6C(C7CCCCC7)CCCC6C6CCCCC6)c6ccccc65)c4)cc32)nc2ccccc21. The molecule has 0 N–H and O–H groups in total. The lowest BCUT2D eigenvalue weighted by molar-refractivity contribution is 0.0797. The van der Waals surface area contributed by atoms with Gasteiger partial charge in [-0.15, -0.1) is 0 Å². The molecule has 4 aliphatic rings. The summed E-state index contributed by atoms with van der Waals surface area (Å²) in [5.74, 6) is 5.00. The summed E-state index contributed by atoms with van der Waals surface area (Å²) >= 11 is 0. The Balaban J connectivity index is 0.948. The van der Waals surface area contributed by atoms with E-state index in [0.717, 1.165) is 63.6 Å². The molecule has 11 rings (SSSR count). The Hall–Kier alpha value is -5.23. The predicted molar refractivity (Wildman–Crippen MR) is 235 cm³/mol. The van der Waals surface area contributed by atoms with Crippen molar-refractivity contribution in [2.24, 2.45) is 30.6 Å². The number of imidazole rings is 1. The number of hydrogen-bond acceptors (Lipinski definition) is 4. The molecule has 3 heterocycles. The van der Waals surface area contributed by atoms with Crippen molar-refractivity contribution in [3.05, 3.63) is 115 Å². The Morgan fingerprint density at radius 2 is 1.25 bits per heavy atom. The van der Waals surface area contributed by atoms with Crippen molar-refractivity contribution >= 4 is 49.9 Å². The summed E-state index contributed by atoms with van der Waals surface area (Å²) in [6.07, 6.45) is 18.2. The first-order valence-corrected chi connectivity index (χ1v) is 21.8. The van der Waals surface area contributed by atoms with Crippen LogP contribution in [0.25, 0.3) is 38.8 Å². The van der Waals surface area contributed by atoms with Crippen LogP contribution in [0.3, 0.4) is 0 Å². The van der Waals surface area contributed by atoms with Gasteiger partial charge >= 0.3 is 0 Å². The van der Waals surface area contributed by atoms with Gasteiger partial charge in [-0.25, -0.2) is 4.98 Å². The lowest BCUT2D eigenvalue weighted by Crippen LogP contribution is -2.53. The number of rotatable bonds is 7. The van der Waals surface area contributed by atoms with Gasteiger partial charge in [0, 0.05) is 45.7 Å². The summed E-state index contributed by atoms with van der Waals surface area (Å²) in [5, 5.41) is 2.03. The standard InChI is InChI=1S/C51H55N5O/c1-53-46-27-11-9-25-44(46)52-51(53)56-45-26-10-8-22-42(45)43-31-30-39(33-49(43)56)57-38-21-14-20-37(32-38)54-34-55(48-29-13-12-28-47(48)54)50-40(35-16-4-2-5-17-35)23-15-24-41(50)36-18-6-3-7-19-36/h8-14,20-22,25-33,35-36,40-41,50H,2-7,15-19,23-24,34H2,1H3/i1D3. The molecule has 5 aromatic carbocycles. The number of benzene rings is 5. The van der Waals surface area contributed by atoms with Gasteiger partial charge in [-0.3, -0.25) is 4.57 Å². The van der Waals surface area contributed by atoms with Gasteiger partial charge in [0.15, 0.2) is 0 Å². The molecular weight excluding hydrogens is 699 g/mol. The van der Waals surface area contributed by atoms with Gasteiger partial charge in [-0.1, -0.05) is 119 Å². The van der Waals surface area contributed by atoms with Crippen LogP contribution in [0.5, 0.6) is 11.5 Å². The Bertz CT molecular complexity index is 2640. The molecule has 0 radical (unpaired) electrons. The topological polar surface area (TPSA) is 38.5 Å². The molecule has 3 saturated carbocycles. The van der Waals surface area contributed by atoms with E-state index in [-0.39, 0.29) is 0 Å². The molecule has 3 fully saturated rings. The molecule has 0 amide bonds. The largest absolute Gasteiger partial charge is 0.457 e. The second-order valence-electron chi connectivity index (χ2n) is 17.4. The average molecular weight is 757 g/mol. The van der Waals surface area contributed by atoms with Gasteiger partial charge < -0.3 is 19.1 Å².